The van der Waals surface area contributed by atoms with Crippen LogP contribution in [0.25, 0.3) is 22.0 Å². The van der Waals surface area contributed by atoms with Crippen LogP contribution in [0.1, 0.15) is 5.82 Å². The summed E-state index contributed by atoms with van der Waals surface area (Å²) >= 11 is 0. The smallest absolute Gasteiger partial charge is 0.311 e. The Morgan fingerprint density at radius 2 is 1.85 bits per heavy atom. The lowest BCUT2D eigenvalue weighted by Crippen LogP contribution is -2.05. The molecule has 0 atom stereocenters. The summed E-state index contributed by atoms with van der Waals surface area (Å²) in [4.78, 5) is 19.1. The fourth-order valence-corrected chi connectivity index (χ4v) is 2.22. The van der Waals surface area contributed by atoms with E-state index in [0.717, 1.165) is 22.0 Å². The van der Waals surface area contributed by atoms with Crippen molar-refractivity contribution in [3.63, 3.8) is 0 Å². The third-order valence-corrected chi connectivity index (χ3v) is 3.08. The predicted octanol–water partition coefficient (Wildman–Crippen LogP) is 2.92. The van der Waals surface area contributed by atoms with E-state index in [1.165, 1.54) is 0 Å². The second-order valence-corrected chi connectivity index (χ2v) is 4.46. The zero-order chi connectivity index (χ0) is 13.9. The van der Waals surface area contributed by atoms with Crippen LogP contribution in [0, 0.1) is 0 Å². The normalized spacial score (nSPS) is 10.6. The first-order valence-corrected chi connectivity index (χ1v) is 6.26. The molecule has 0 aliphatic heterocycles. The number of aromatic nitrogens is 2. The lowest BCUT2D eigenvalue weighted by Gasteiger charge is -2.06. The molecule has 0 bridgehead atoms. The minimum atomic E-state index is -0.930. The minimum absolute atomic E-state index is 0.168. The molecule has 3 aromatic rings. The molecular weight excluding hydrogens is 252 g/mol. The van der Waals surface area contributed by atoms with Gasteiger partial charge in [-0.1, -0.05) is 42.5 Å². The second kappa shape index (κ2) is 5.09. The first kappa shape index (κ1) is 12.3. The molecule has 0 spiro atoms. The van der Waals surface area contributed by atoms with Crippen molar-refractivity contribution in [1.29, 1.82) is 0 Å². The molecule has 0 radical (unpaired) electrons. The van der Waals surface area contributed by atoms with Gasteiger partial charge in [-0.25, -0.2) is 9.97 Å². The minimum Gasteiger partial charge on any atom is -0.481 e. The third kappa shape index (κ3) is 2.36. The van der Waals surface area contributed by atoms with Crippen LogP contribution in [0.4, 0.5) is 0 Å². The van der Waals surface area contributed by atoms with Crippen molar-refractivity contribution in [2.75, 3.05) is 0 Å². The Kier molecular flexibility index (Phi) is 3.13. The van der Waals surface area contributed by atoms with Crippen molar-refractivity contribution in [2.45, 2.75) is 6.42 Å². The molecule has 0 saturated carbocycles. The standard InChI is InChI=1S/C16H12N2O2/c19-16(20)10-15-17-9-8-14(18-15)13-7-3-5-11-4-1-2-6-12(11)13/h1-9H,10H2,(H,19,20). The third-order valence-electron chi connectivity index (χ3n) is 3.08. The van der Waals surface area contributed by atoms with E-state index in [1.807, 2.05) is 42.5 Å². The highest BCUT2D eigenvalue weighted by molar-refractivity contribution is 5.95. The average molecular weight is 264 g/mol. The molecule has 0 amide bonds. The van der Waals surface area contributed by atoms with Crippen LogP contribution in [0.3, 0.4) is 0 Å². The SMILES string of the molecule is O=C(O)Cc1nccc(-c2cccc3ccccc23)n1. The number of nitrogens with zero attached hydrogens (tertiary/aromatic N) is 2. The molecule has 20 heavy (non-hydrogen) atoms. The molecule has 1 aromatic heterocycles. The quantitative estimate of drug-likeness (QED) is 0.790. The molecule has 0 saturated heterocycles. The number of fused-ring (bicyclic) bond motifs is 1. The second-order valence-electron chi connectivity index (χ2n) is 4.46. The van der Waals surface area contributed by atoms with Crippen LogP contribution < -0.4 is 0 Å². The number of carbonyl (C=O) groups is 1. The Morgan fingerprint density at radius 1 is 1.05 bits per heavy atom. The average Bonchev–Trinajstić information content (AvgIpc) is 2.46. The van der Waals surface area contributed by atoms with E-state index in [2.05, 4.69) is 9.97 Å². The van der Waals surface area contributed by atoms with Crippen molar-refractivity contribution in [2.24, 2.45) is 0 Å². The van der Waals surface area contributed by atoms with Gasteiger partial charge in [-0.15, -0.1) is 0 Å². The first-order valence-electron chi connectivity index (χ1n) is 6.26. The van der Waals surface area contributed by atoms with Crippen molar-refractivity contribution in [1.82, 2.24) is 9.97 Å². The van der Waals surface area contributed by atoms with E-state index < -0.39 is 5.97 Å². The molecule has 98 valence electrons. The van der Waals surface area contributed by atoms with Gasteiger partial charge in [0, 0.05) is 11.8 Å². The van der Waals surface area contributed by atoms with Gasteiger partial charge in [0.1, 0.15) is 12.2 Å². The summed E-state index contributed by atoms with van der Waals surface area (Å²) in [6.45, 7) is 0. The van der Waals surface area contributed by atoms with Crippen LogP contribution in [0.5, 0.6) is 0 Å². The maximum atomic E-state index is 10.7. The highest BCUT2D eigenvalue weighted by atomic mass is 16.4. The van der Waals surface area contributed by atoms with E-state index in [9.17, 15) is 4.79 Å². The highest BCUT2D eigenvalue weighted by Gasteiger charge is 2.08. The Labute approximate surface area is 115 Å². The fraction of sp³-hybridized carbons (Fsp3) is 0.0625. The van der Waals surface area contributed by atoms with Gasteiger partial charge in [0.15, 0.2) is 0 Å². The number of aliphatic carboxylic acids is 1. The van der Waals surface area contributed by atoms with Crippen LogP contribution in [-0.4, -0.2) is 21.0 Å². The molecule has 4 heteroatoms. The van der Waals surface area contributed by atoms with Crippen molar-refractivity contribution >= 4 is 16.7 Å². The molecule has 0 unspecified atom stereocenters. The Hall–Kier alpha value is -2.75. The molecule has 0 aliphatic carbocycles. The molecular formula is C16H12N2O2. The maximum absolute atomic E-state index is 10.7. The largest absolute Gasteiger partial charge is 0.481 e. The van der Waals surface area contributed by atoms with Crippen LogP contribution in [0.15, 0.2) is 54.7 Å². The summed E-state index contributed by atoms with van der Waals surface area (Å²) in [6, 6.07) is 15.8. The highest BCUT2D eigenvalue weighted by Crippen LogP contribution is 2.26. The Balaban J connectivity index is 2.13. The van der Waals surface area contributed by atoms with Gasteiger partial charge in [0.2, 0.25) is 0 Å². The van der Waals surface area contributed by atoms with Crippen LogP contribution in [0.2, 0.25) is 0 Å². The lowest BCUT2D eigenvalue weighted by molar-refractivity contribution is -0.136. The molecule has 1 heterocycles. The van der Waals surface area contributed by atoms with Crippen molar-refractivity contribution in [3.05, 3.63) is 60.6 Å². The fourth-order valence-electron chi connectivity index (χ4n) is 2.22. The number of benzene rings is 2. The van der Waals surface area contributed by atoms with Crippen LogP contribution >= 0.6 is 0 Å². The Bertz CT molecular complexity index is 779. The summed E-state index contributed by atoms with van der Waals surface area (Å²) in [6.07, 6.45) is 1.43. The van der Waals surface area contributed by atoms with E-state index in [-0.39, 0.29) is 6.42 Å². The van der Waals surface area contributed by atoms with Gasteiger partial charge in [0.05, 0.1) is 5.69 Å². The predicted molar refractivity (Wildman–Crippen MR) is 76.3 cm³/mol. The van der Waals surface area contributed by atoms with E-state index in [1.54, 1.807) is 12.3 Å². The first-order chi connectivity index (χ1) is 9.74. The molecule has 1 N–H and O–H groups in total. The van der Waals surface area contributed by atoms with Gasteiger partial charge in [0.25, 0.3) is 0 Å². The number of hydrogen-bond donors (Lipinski definition) is 1. The summed E-state index contributed by atoms with van der Waals surface area (Å²) < 4.78 is 0. The molecule has 0 aliphatic rings. The number of rotatable bonds is 3. The number of carboxylic acid groups (broad SMARTS) is 1. The van der Waals surface area contributed by atoms with Crippen molar-refractivity contribution in [3.8, 4) is 11.3 Å². The Morgan fingerprint density at radius 3 is 2.70 bits per heavy atom. The van der Waals surface area contributed by atoms with Gasteiger partial charge < -0.3 is 5.11 Å². The topological polar surface area (TPSA) is 63.1 Å². The van der Waals surface area contributed by atoms with E-state index in [4.69, 9.17) is 5.11 Å². The zero-order valence-corrected chi connectivity index (χ0v) is 10.7. The summed E-state index contributed by atoms with van der Waals surface area (Å²) in [5.41, 5.74) is 1.73. The lowest BCUT2D eigenvalue weighted by atomic mass is 10.0. The van der Waals surface area contributed by atoms with Crippen molar-refractivity contribution < 1.29 is 9.90 Å². The number of carboxylic acids is 1. The van der Waals surface area contributed by atoms with Gasteiger partial charge >= 0.3 is 5.97 Å². The summed E-state index contributed by atoms with van der Waals surface area (Å²) in [5, 5.41) is 11.0. The van der Waals surface area contributed by atoms with E-state index >= 15 is 0 Å². The van der Waals surface area contributed by atoms with Crippen LogP contribution in [-0.2, 0) is 11.2 Å². The van der Waals surface area contributed by atoms with Gasteiger partial charge in [-0.05, 0) is 16.8 Å². The zero-order valence-electron chi connectivity index (χ0n) is 10.7. The molecule has 2 aromatic carbocycles. The van der Waals surface area contributed by atoms with Gasteiger partial charge in [-0.3, -0.25) is 4.79 Å². The molecule has 0 fully saturated rings. The monoisotopic (exact) mass is 264 g/mol. The summed E-state index contributed by atoms with van der Waals surface area (Å²) in [5.74, 6) is -0.608. The summed E-state index contributed by atoms with van der Waals surface area (Å²) in [7, 11) is 0. The maximum Gasteiger partial charge on any atom is 0.311 e. The molecule has 4 nitrogen and oxygen atoms in total. The molecule has 3 rings (SSSR count). The van der Waals surface area contributed by atoms with Gasteiger partial charge in [-0.2, -0.15) is 0 Å². The van der Waals surface area contributed by atoms with E-state index in [0.29, 0.717) is 5.82 Å². The number of hydrogen-bond acceptors (Lipinski definition) is 3.